The number of nitrogens with one attached hydrogen (secondary N) is 1. The molecule has 0 atom stereocenters. The standard InChI is InChI=1S/C31H35N3O2/c1-23(2)32-31(35)30-29(28(24-11-5-3-6-12-24)25-13-7-4-8-14-25)26-15-9-10-16-27(26)34(30)18-17-33-19-21-36-22-20-33/h3-16,23,28H,17-22H2,1-2H3,(H,32,35). The topological polar surface area (TPSA) is 46.5 Å². The number of ether oxygens (including phenoxy) is 1. The van der Waals surface area contributed by atoms with Crippen LogP contribution in [-0.4, -0.2) is 54.3 Å². The predicted molar refractivity (Wildman–Crippen MR) is 146 cm³/mol. The van der Waals surface area contributed by atoms with Crippen molar-refractivity contribution in [1.29, 1.82) is 0 Å². The summed E-state index contributed by atoms with van der Waals surface area (Å²) in [7, 11) is 0. The van der Waals surface area contributed by atoms with Gasteiger partial charge in [0.25, 0.3) is 5.91 Å². The molecule has 4 aromatic rings. The van der Waals surface area contributed by atoms with Crippen molar-refractivity contribution in [3.05, 3.63) is 107 Å². The highest BCUT2D eigenvalue weighted by Gasteiger charge is 2.30. The summed E-state index contributed by atoms with van der Waals surface area (Å²) in [5.41, 5.74) is 5.29. The van der Waals surface area contributed by atoms with E-state index in [1.807, 2.05) is 26.0 Å². The number of carbonyl (C=O) groups excluding carboxylic acids is 1. The fraction of sp³-hybridized carbons (Fsp3) is 0.323. The summed E-state index contributed by atoms with van der Waals surface area (Å²) >= 11 is 0. The van der Waals surface area contributed by atoms with Crippen LogP contribution in [0.2, 0.25) is 0 Å². The smallest absolute Gasteiger partial charge is 0.268 e. The van der Waals surface area contributed by atoms with Gasteiger partial charge in [-0.25, -0.2) is 0 Å². The number of hydrogen-bond donors (Lipinski definition) is 1. The van der Waals surface area contributed by atoms with Crippen LogP contribution in [0.1, 0.15) is 46.9 Å². The monoisotopic (exact) mass is 481 g/mol. The number of rotatable bonds is 8. The molecule has 1 aromatic heterocycles. The van der Waals surface area contributed by atoms with E-state index in [-0.39, 0.29) is 17.9 Å². The number of hydrogen-bond acceptors (Lipinski definition) is 3. The van der Waals surface area contributed by atoms with E-state index in [1.54, 1.807) is 0 Å². The molecule has 0 bridgehead atoms. The number of fused-ring (bicyclic) bond motifs is 1. The summed E-state index contributed by atoms with van der Waals surface area (Å²) in [5.74, 6) is -0.0788. The lowest BCUT2D eigenvalue weighted by molar-refractivity contribution is 0.0364. The van der Waals surface area contributed by atoms with Crippen LogP contribution in [0.25, 0.3) is 10.9 Å². The van der Waals surface area contributed by atoms with Crippen molar-refractivity contribution in [2.75, 3.05) is 32.8 Å². The SMILES string of the molecule is CC(C)NC(=O)c1c(C(c2ccccc2)c2ccccc2)c2ccccc2n1CCN1CCOCC1. The summed E-state index contributed by atoms with van der Waals surface area (Å²) < 4.78 is 7.80. The zero-order chi connectivity index (χ0) is 24.9. The minimum absolute atomic E-state index is 0.0185. The fourth-order valence-corrected chi connectivity index (χ4v) is 5.31. The lowest BCUT2D eigenvalue weighted by Crippen LogP contribution is -2.39. The number of morpholine rings is 1. The Morgan fingerprint density at radius 3 is 2.03 bits per heavy atom. The molecule has 0 aliphatic carbocycles. The Kier molecular flexibility index (Phi) is 7.49. The van der Waals surface area contributed by atoms with Crippen LogP contribution in [0.5, 0.6) is 0 Å². The minimum atomic E-state index is -0.0603. The van der Waals surface area contributed by atoms with Gasteiger partial charge < -0.3 is 14.6 Å². The van der Waals surface area contributed by atoms with Crippen LogP contribution >= 0.6 is 0 Å². The Labute approximate surface area is 213 Å². The largest absolute Gasteiger partial charge is 0.379 e. The third kappa shape index (κ3) is 5.08. The van der Waals surface area contributed by atoms with Gasteiger partial charge in [-0.3, -0.25) is 9.69 Å². The summed E-state index contributed by atoms with van der Waals surface area (Å²) in [6.45, 7) is 9.05. The quantitative estimate of drug-likeness (QED) is 0.372. The van der Waals surface area contributed by atoms with Crippen LogP contribution in [0, 0.1) is 0 Å². The molecule has 3 aromatic carbocycles. The molecule has 0 spiro atoms. The van der Waals surface area contributed by atoms with E-state index in [4.69, 9.17) is 4.74 Å². The van der Waals surface area contributed by atoms with Gasteiger partial charge in [0.15, 0.2) is 0 Å². The Bertz CT molecular complexity index is 1250. The van der Waals surface area contributed by atoms with Crippen LogP contribution in [0.4, 0.5) is 0 Å². The van der Waals surface area contributed by atoms with Crippen molar-refractivity contribution in [2.24, 2.45) is 0 Å². The van der Waals surface area contributed by atoms with Crippen molar-refractivity contribution in [3.63, 3.8) is 0 Å². The Balaban J connectivity index is 1.72. The predicted octanol–water partition coefficient (Wildman–Crippen LogP) is 5.29. The molecule has 2 heterocycles. The zero-order valence-corrected chi connectivity index (χ0v) is 21.2. The van der Waals surface area contributed by atoms with Gasteiger partial charge in [0.1, 0.15) is 5.69 Å². The van der Waals surface area contributed by atoms with Gasteiger partial charge in [-0.2, -0.15) is 0 Å². The first-order valence-corrected chi connectivity index (χ1v) is 13.0. The normalized spacial score (nSPS) is 14.6. The average molecular weight is 482 g/mol. The highest BCUT2D eigenvalue weighted by atomic mass is 16.5. The summed E-state index contributed by atoms with van der Waals surface area (Å²) in [6.07, 6.45) is 0. The van der Waals surface area contributed by atoms with Crippen LogP contribution in [0.15, 0.2) is 84.9 Å². The van der Waals surface area contributed by atoms with Gasteiger partial charge in [-0.15, -0.1) is 0 Å². The highest BCUT2D eigenvalue weighted by molar-refractivity contribution is 6.03. The van der Waals surface area contributed by atoms with Crippen molar-refractivity contribution >= 4 is 16.8 Å². The first-order valence-electron chi connectivity index (χ1n) is 13.0. The maximum atomic E-state index is 13.9. The van der Waals surface area contributed by atoms with Crippen molar-refractivity contribution < 1.29 is 9.53 Å². The molecule has 186 valence electrons. The second kappa shape index (κ2) is 11.1. The number of para-hydroxylation sites is 1. The molecule has 1 aliphatic rings. The van der Waals surface area contributed by atoms with Gasteiger partial charge in [0.05, 0.1) is 13.2 Å². The second-order valence-electron chi connectivity index (χ2n) is 9.77. The number of amides is 1. The maximum Gasteiger partial charge on any atom is 0.268 e. The lowest BCUT2D eigenvalue weighted by atomic mass is 9.83. The van der Waals surface area contributed by atoms with Crippen molar-refractivity contribution in [1.82, 2.24) is 14.8 Å². The van der Waals surface area contributed by atoms with E-state index in [9.17, 15) is 4.79 Å². The number of nitrogens with zero attached hydrogens (tertiary/aromatic N) is 2. The first kappa shape index (κ1) is 24.3. The van der Waals surface area contributed by atoms with Gasteiger partial charge >= 0.3 is 0 Å². The Hall–Kier alpha value is -3.41. The van der Waals surface area contributed by atoms with Gasteiger partial charge in [-0.1, -0.05) is 78.9 Å². The van der Waals surface area contributed by atoms with E-state index in [0.717, 1.165) is 61.6 Å². The Morgan fingerprint density at radius 2 is 1.42 bits per heavy atom. The number of benzene rings is 3. The molecule has 5 rings (SSSR count). The molecule has 1 aliphatic heterocycles. The third-order valence-electron chi connectivity index (χ3n) is 6.94. The fourth-order valence-electron chi connectivity index (χ4n) is 5.31. The van der Waals surface area contributed by atoms with Gasteiger partial charge in [-0.05, 0) is 31.0 Å². The Morgan fingerprint density at radius 1 is 0.833 bits per heavy atom. The molecule has 0 unspecified atom stereocenters. The van der Waals surface area contributed by atoms with Crippen molar-refractivity contribution in [2.45, 2.75) is 32.4 Å². The van der Waals surface area contributed by atoms with Gasteiger partial charge in [0, 0.05) is 54.6 Å². The maximum absolute atomic E-state index is 13.9. The number of carbonyl (C=O) groups is 1. The molecule has 1 N–H and O–H groups in total. The van der Waals surface area contributed by atoms with Crippen LogP contribution < -0.4 is 5.32 Å². The molecule has 1 amide bonds. The summed E-state index contributed by atoms with van der Waals surface area (Å²) in [6, 6.07) is 29.6. The molecular weight excluding hydrogens is 446 g/mol. The van der Waals surface area contributed by atoms with Crippen molar-refractivity contribution in [3.8, 4) is 0 Å². The van der Waals surface area contributed by atoms with E-state index < -0.39 is 0 Å². The second-order valence-corrected chi connectivity index (χ2v) is 9.77. The molecule has 1 saturated heterocycles. The summed E-state index contributed by atoms with van der Waals surface area (Å²) in [4.78, 5) is 16.3. The third-order valence-corrected chi connectivity index (χ3v) is 6.94. The molecule has 0 saturated carbocycles. The van der Waals surface area contributed by atoms with E-state index in [2.05, 4.69) is 87.6 Å². The highest BCUT2D eigenvalue weighted by Crippen LogP contribution is 2.40. The lowest BCUT2D eigenvalue weighted by Gasteiger charge is -2.27. The minimum Gasteiger partial charge on any atom is -0.379 e. The first-order chi connectivity index (χ1) is 17.6. The van der Waals surface area contributed by atoms with E-state index >= 15 is 0 Å². The molecule has 36 heavy (non-hydrogen) atoms. The summed E-state index contributed by atoms with van der Waals surface area (Å²) in [5, 5.41) is 4.33. The van der Waals surface area contributed by atoms with Gasteiger partial charge in [0.2, 0.25) is 0 Å². The van der Waals surface area contributed by atoms with E-state index in [1.165, 1.54) is 11.1 Å². The zero-order valence-electron chi connectivity index (χ0n) is 21.2. The van der Waals surface area contributed by atoms with Crippen LogP contribution in [0.3, 0.4) is 0 Å². The molecule has 0 radical (unpaired) electrons. The molecule has 5 nitrogen and oxygen atoms in total. The number of aromatic nitrogens is 1. The molecular formula is C31H35N3O2. The van der Waals surface area contributed by atoms with Crippen LogP contribution in [-0.2, 0) is 11.3 Å². The molecule has 1 fully saturated rings. The van der Waals surface area contributed by atoms with E-state index in [0.29, 0.717) is 0 Å². The molecule has 5 heteroatoms. The average Bonchev–Trinajstić information content (AvgIpc) is 3.23.